The molecule has 1 aliphatic rings. The molecule has 6 nitrogen and oxygen atoms in total. The van der Waals surface area contributed by atoms with Gasteiger partial charge in [0.2, 0.25) is 0 Å². The first-order chi connectivity index (χ1) is 8.33. The van der Waals surface area contributed by atoms with Crippen LogP contribution in [0.25, 0.3) is 11.2 Å². The van der Waals surface area contributed by atoms with Crippen LogP contribution in [0.2, 0.25) is 0 Å². The molecule has 1 aliphatic heterocycles. The molecule has 0 aromatic carbocycles. The maximum atomic E-state index is 5.84. The Morgan fingerprint density at radius 1 is 1.47 bits per heavy atom. The average molecular weight is 233 g/mol. The van der Waals surface area contributed by atoms with Crippen molar-refractivity contribution in [2.24, 2.45) is 5.92 Å². The second-order valence-electron chi connectivity index (χ2n) is 4.39. The minimum absolute atomic E-state index is 0.477. The number of aromatic amines is 1. The van der Waals surface area contributed by atoms with Crippen molar-refractivity contribution < 1.29 is 4.74 Å². The minimum atomic E-state index is 0.477. The summed E-state index contributed by atoms with van der Waals surface area (Å²) in [4.78, 5) is 15.7. The van der Waals surface area contributed by atoms with Gasteiger partial charge in [0.05, 0.1) is 6.33 Å². The van der Waals surface area contributed by atoms with E-state index in [9.17, 15) is 0 Å². The Labute approximate surface area is 98.6 Å². The van der Waals surface area contributed by atoms with Crippen molar-refractivity contribution in [3.8, 4) is 0 Å². The highest BCUT2D eigenvalue weighted by molar-refractivity contribution is 5.80. The number of rotatable bonds is 3. The highest BCUT2D eigenvalue weighted by atomic mass is 16.5. The Bertz CT molecular complexity index is 518. The van der Waals surface area contributed by atoms with Crippen molar-refractivity contribution in [1.29, 1.82) is 0 Å². The smallest absolute Gasteiger partial charge is 0.183 e. The van der Waals surface area contributed by atoms with Gasteiger partial charge in [-0.15, -0.1) is 0 Å². The van der Waals surface area contributed by atoms with E-state index in [1.54, 1.807) is 6.33 Å². The molecule has 2 aromatic rings. The van der Waals surface area contributed by atoms with Crippen molar-refractivity contribution >= 4 is 17.0 Å². The van der Waals surface area contributed by atoms with Crippen LogP contribution in [-0.4, -0.2) is 33.1 Å². The number of nitrogen functional groups attached to an aromatic ring is 1. The molecule has 1 atom stereocenters. The second-order valence-corrected chi connectivity index (χ2v) is 4.39. The molecule has 1 saturated heterocycles. The summed E-state index contributed by atoms with van der Waals surface area (Å²) in [6.45, 7) is 1.74. The Balaban J connectivity index is 1.75. The molecule has 3 N–H and O–H groups in total. The highest BCUT2D eigenvalue weighted by Gasteiger charge is 2.16. The van der Waals surface area contributed by atoms with Gasteiger partial charge >= 0.3 is 0 Å². The van der Waals surface area contributed by atoms with Gasteiger partial charge in [-0.25, -0.2) is 15.0 Å². The number of imidazole rings is 1. The number of nitrogens with zero attached hydrogens (tertiary/aromatic N) is 3. The molecule has 0 amide bonds. The van der Waals surface area contributed by atoms with E-state index in [0.717, 1.165) is 43.8 Å². The molecule has 0 aliphatic carbocycles. The van der Waals surface area contributed by atoms with Crippen LogP contribution < -0.4 is 5.73 Å². The van der Waals surface area contributed by atoms with E-state index in [0.29, 0.717) is 17.4 Å². The third kappa shape index (κ3) is 2.08. The lowest BCUT2D eigenvalue weighted by molar-refractivity contribution is 0.184. The number of aryl methyl sites for hydroxylation is 1. The van der Waals surface area contributed by atoms with Crippen molar-refractivity contribution in [3.63, 3.8) is 0 Å². The summed E-state index contributed by atoms with van der Waals surface area (Å²) in [7, 11) is 0. The summed E-state index contributed by atoms with van der Waals surface area (Å²) in [6.07, 6.45) is 4.61. The first-order valence-corrected chi connectivity index (χ1v) is 5.86. The number of hydrogen-bond acceptors (Lipinski definition) is 5. The molecule has 3 heterocycles. The van der Waals surface area contributed by atoms with Crippen LogP contribution in [0.4, 0.5) is 5.82 Å². The van der Waals surface area contributed by atoms with Gasteiger partial charge in [-0.3, -0.25) is 0 Å². The molecule has 0 unspecified atom stereocenters. The number of nitrogens with two attached hydrogens (primary N) is 1. The maximum absolute atomic E-state index is 5.84. The van der Waals surface area contributed by atoms with E-state index in [1.165, 1.54) is 0 Å². The fourth-order valence-corrected chi connectivity index (χ4v) is 2.16. The molecular weight excluding hydrogens is 218 g/mol. The third-order valence-corrected chi connectivity index (χ3v) is 3.16. The van der Waals surface area contributed by atoms with Crippen molar-refractivity contribution in [2.45, 2.75) is 19.3 Å². The van der Waals surface area contributed by atoms with Crippen LogP contribution in [0.1, 0.15) is 18.7 Å². The van der Waals surface area contributed by atoms with Crippen LogP contribution in [0, 0.1) is 5.92 Å². The largest absolute Gasteiger partial charge is 0.382 e. The van der Waals surface area contributed by atoms with Gasteiger partial charge in [-0.2, -0.15) is 0 Å². The first kappa shape index (κ1) is 10.5. The fourth-order valence-electron chi connectivity index (χ4n) is 2.16. The molecule has 3 rings (SSSR count). The van der Waals surface area contributed by atoms with E-state index < -0.39 is 0 Å². The van der Waals surface area contributed by atoms with E-state index in [2.05, 4.69) is 19.9 Å². The summed E-state index contributed by atoms with van der Waals surface area (Å²) in [6, 6.07) is 0. The second kappa shape index (κ2) is 4.29. The van der Waals surface area contributed by atoms with Gasteiger partial charge in [0.15, 0.2) is 11.5 Å². The Morgan fingerprint density at radius 3 is 3.24 bits per heavy atom. The molecular formula is C11H15N5O. The molecule has 0 spiro atoms. The molecule has 0 bridgehead atoms. The zero-order valence-corrected chi connectivity index (χ0v) is 9.52. The van der Waals surface area contributed by atoms with Crippen LogP contribution >= 0.6 is 0 Å². The monoisotopic (exact) mass is 233 g/mol. The highest BCUT2D eigenvalue weighted by Crippen LogP contribution is 2.19. The molecule has 90 valence electrons. The lowest BCUT2D eigenvalue weighted by Crippen LogP contribution is -2.05. The van der Waals surface area contributed by atoms with Crippen LogP contribution in [0.15, 0.2) is 6.33 Å². The van der Waals surface area contributed by atoms with Crippen molar-refractivity contribution in [2.75, 3.05) is 18.9 Å². The van der Waals surface area contributed by atoms with Gasteiger partial charge in [0, 0.05) is 19.6 Å². The molecule has 1 fully saturated rings. The number of H-pyrrole nitrogens is 1. The number of aromatic nitrogens is 4. The third-order valence-electron chi connectivity index (χ3n) is 3.16. The van der Waals surface area contributed by atoms with Crippen LogP contribution in [-0.2, 0) is 11.2 Å². The normalized spacial score (nSPS) is 20.1. The Kier molecular flexibility index (Phi) is 2.64. The number of anilines is 1. The summed E-state index contributed by atoms with van der Waals surface area (Å²) in [5, 5.41) is 0. The van der Waals surface area contributed by atoms with Gasteiger partial charge in [-0.05, 0) is 18.8 Å². The van der Waals surface area contributed by atoms with Gasteiger partial charge in [-0.1, -0.05) is 0 Å². The molecule has 2 aromatic heterocycles. The first-order valence-electron chi connectivity index (χ1n) is 5.86. The Morgan fingerprint density at radius 2 is 2.41 bits per heavy atom. The van der Waals surface area contributed by atoms with Crippen molar-refractivity contribution in [3.05, 3.63) is 12.2 Å². The zero-order valence-electron chi connectivity index (χ0n) is 9.52. The molecule has 0 saturated carbocycles. The summed E-state index contributed by atoms with van der Waals surface area (Å²) in [5.74, 6) is 1.88. The number of hydrogen-bond donors (Lipinski definition) is 2. The SMILES string of the molecule is Nc1nc(CC[C@H]2CCOC2)nc2nc[nH]c12. The summed E-state index contributed by atoms with van der Waals surface area (Å²) >= 11 is 0. The summed E-state index contributed by atoms with van der Waals surface area (Å²) in [5.41, 5.74) is 7.21. The van der Waals surface area contributed by atoms with E-state index in [-0.39, 0.29) is 0 Å². The van der Waals surface area contributed by atoms with Crippen LogP contribution in [0.3, 0.4) is 0 Å². The maximum Gasteiger partial charge on any atom is 0.183 e. The molecule has 17 heavy (non-hydrogen) atoms. The van der Waals surface area contributed by atoms with Gasteiger partial charge < -0.3 is 15.5 Å². The van der Waals surface area contributed by atoms with E-state index in [1.807, 2.05) is 0 Å². The lowest BCUT2D eigenvalue weighted by atomic mass is 10.0. The lowest BCUT2D eigenvalue weighted by Gasteiger charge is -2.06. The topological polar surface area (TPSA) is 89.7 Å². The minimum Gasteiger partial charge on any atom is -0.382 e. The average Bonchev–Trinajstić information content (AvgIpc) is 2.97. The standard InChI is InChI=1S/C11H15N5O/c12-10-9-11(14-6-13-9)16-8(15-10)2-1-7-3-4-17-5-7/h6-7H,1-5H2,(H3,12,13,14,15,16)/t7-/m0/s1. The van der Waals surface area contributed by atoms with Crippen molar-refractivity contribution in [1.82, 2.24) is 19.9 Å². The number of nitrogens with one attached hydrogen (secondary N) is 1. The number of fused-ring (bicyclic) bond motifs is 1. The predicted molar refractivity (Wildman–Crippen MR) is 63.3 cm³/mol. The zero-order chi connectivity index (χ0) is 11.7. The molecule has 6 heteroatoms. The van der Waals surface area contributed by atoms with Crippen LogP contribution in [0.5, 0.6) is 0 Å². The van der Waals surface area contributed by atoms with E-state index in [4.69, 9.17) is 10.5 Å². The Hall–Kier alpha value is -1.69. The number of ether oxygens (including phenoxy) is 1. The fraction of sp³-hybridized carbons (Fsp3) is 0.545. The van der Waals surface area contributed by atoms with E-state index >= 15 is 0 Å². The summed E-state index contributed by atoms with van der Waals surface area (Å²) < 4.78 is 5.34. The van der Waals surface area contributed by atoms with Gasteiger partial charge in [0.1, 0.15) is 11.3 Å². The quantitative estimate of drug-likeness (QED) is 0.822. The van der Waals surface area contributed by atoms with Gasteiger partial charge in [0.25, 0.3) is 0 Å². The molecule has 0 radical (unpaired) electrons. The predicted octanol–water partition coefficient (Wildman–Crippen LogP) is 0.904.